The molecule has 0 aliphatic carbocycles. The second-order valence-corrected chi connectivity index (χ2v) is 6.45. The van der Waals surface area contributed by atoms with Gasteiger partial charge in [-0.1, -0.05) is 30.3 Å². The van der Waals surface area contributed by atoms with Crippen molar-refractivity contribution in [1.82, 2.24) is 0 Å². The van der Waals surface area contributed by atoms with Crippen molar-refractivity contribution in [3.63, 3.8) is 0 Å². The van der Waals surface area contributed by atoms with Gasteiger partial charge in [-0.3, -0.25) is 0 Å². The number of nitrogens with zero attached hydrogens (tertiary/aromatic N) is 1. The van der Waals surface area contributed by atoms with Crippen LogP contribution >= 0.6 is 0 Å². The minimum Gasteiger partial charge on any atom is -0.341 e. The van der Waals surface area contributed by atoms with E-state index in [9.17, 15) is 0 Å². The summed E-state index contributed by atoms with van der Waals surface area (Å²) in [5.41, 5.74) is 0.913. The fourth-order valence-electron chi connectivity index (χ4n) is 3.39. The quantitative estimate of drug-likeness (QED) is 0.833. The first-order valence-corrected chi connectivity index (χ1v) is 7.81. The van der Waals surface area contributed by atoms with Crippen LogP contribution in [0.2, 0.25) is 0 Å². The first-order valence-electron chi connectivity index (χ1n) is 7.81. The molecule has 122 valence electrons. The Balaban J connectivity index is 1.60. The molecule has 3 saturated heterocycles. The Bertz CT molecular complexity index is 613. The summed E-state index contributed by atoms with van der Waals surface area (Å²) in [6.07, 6.45) is -2.16. The lowest BCUT2D eigenvalue weighted by atomic mass is 10.0. The normalized spacial score (nSPS) is 41.1. The maximum absolute atomic E-state index is 9.09. The van der Waals surface area contributed by atoms with Crippen LogP contribution in [-0.2, 0) is 23.7 Å². The number of ether oxygens (including phenoxy) is 5. The lowest BCUT2D eigenvalue weighted by molar-refractivity contribution is -0.308. The monoisotopic (exact) mass is 317 g/mol. The van der Waals surface area contributed by atoms with Gasteiger partial charge in [-0.2, -0.15) is 5.26 Å². The molecule has 0 aromatic heterocycles. The van der Waals surface area contributed by atoms with Gasteiger partial charge in [0.05, 0.1) is 12.5 Å². The predicted molar refractivity (Wildman–Crippen MR) is 77.9 cm³/mol. The average Bonchev–Trinajstić information content (AvgIpc) is 3.01. The minimum atomic E-state index is -0.699. The van der Waals surface area contributed by atoms with E-state index in [0.29, 0.717) is 0 Å². The van der Waals surface area contributed by atoms with Crippen molar-refractivity contribution in [2.45, 2.75) is 63.1 Å². The standard InChI is InChI=1S/C17H19NO5/c1-17(2)22-14-13-12(20-16(14)23-17)11(8-9-18)19-15(21-13)10-6-4-3-5-7-10/h3-7,11-16H,8H2,1-2H3/t11-,12+,13-,14+,15-,16+/m0/s1. The summed E-state index contributed by atoms with van der Waals surface area (Å²) in [6, 6.07) is 11.8. The molecule has 0 radical (unpaired) electrons. The van der Waals surface area contributed by atoms with Gasteiger partial charge < -0.3 is 23.7 Å². The molecule has 0 saturated carbocycles. The van der Waals surface area contributed by atoms with E-state index in [2.05, 4.69) is 6.07 Å². The Kier molecular flexibility index (Phi) is 3.63. The topological polar surface area (TPSA) is 69.9 Å². The van der Waals surface area contributed by atoms with Gasteiger partial charge in [-0.15, -0.1) is 0 Å². The molecule has 1 aromatic rings. The largest absolute Gasteiger partial charge is 0.341 e. The first kappa shape index (κ1) is 15.1. The molecule has 1 aromatic carbocycles. The van der Waals surface area contributed by atoms with Gasteiger partial charge in [-0.05, 0) is 13.8 Å². The second-order valence-electron chi connectivity index (χ2n) is 6.45. The highest BCUT2D eigenvalue weighted by Gasteiger charge is 2.60. The molecule has 0 amide bonds. The molecule has 3 aliphatic heterocycles. The lowest BCUT2D eigenvalue weighted by Gasteiger charge is -2.39. The number of fused-ring (bicyclic) bond motifs is 3. The zero-order valence-electron chi connectivity index (χ0n) is 13.0. The number of benzene rings is 1. The summed E-state index contributed by atoms with van der Waals surface area (Å²) in [5.74, 6) is -0.699. The van der Waals surface area contributed by atoms with Crippen LogP contribution in [0.25, 0.3) is 0 Å². The van der Waals surface area contributed by atoms with Gasteiger partial charge in [0.2, 0.25) is 0 Å². The zero-order valence-corrected chi connectivity index (χ0v) is 13.0. The number of hydrogen-bond donors (Lipinski definition) is 0. The molecular weight excluding hydrogens is 298 g/mol. The van der Waals surface area contributed by atoms with Crippen molar-refractivity contribution in [1.29, 1.82) is 5.26 Å². The summed E-state index contributed by atoms with van der Waals surface area (Å²) < 4.78 is 29.7. The Labute approximate surface area is 134 Å². The fraction of sp³-hybridized carbons (Fsp3) is 0.588. The SMILES string of the molecule is CC1(C)O[C@H]2O[C@H]3[C@H](O[C@@H](c4ccccc4)O[C@H]3CC#N)[C@H]2O1. The van der Waals surface area contributed by atoms with E-state index in [1.807, 2.05) is 44.2 Å². The summed E-state index contributed by atoms with van der Waals surface area (Å²) in [7, 11) is 0. The molecule has 4 rings (SSSR count). The second kappa shape index (κ2) is 5.55. The third kappa shape index (κ3) is 2.65. The fourth-order valence-corrected chi connectivity index (χ4v) is 3.39. The highest BCUT2D eigenvalue weighted by Crippen LogP contribution is 2.45. The maximum atomic E-state index is 9.09. The van der Waals surface area contributed by atoms with E-state index < -0.39 is 18.4 Å². The van der Waals surface area contributed by atoms with E-state index in [1.165, 1.54) is 0 Å². The Morgan fingerprint density at radius 3 is 2.52 bits per heavy atom. The van der Waals surface area contributed by atoms with Gasteiger partial charge >= 0.3 is 0 Å². The molecule has 3 heterocycles. The van der Waals surface area contributed by atoms with Gasteiger partial charge in [-0.25, -0.2) is 0 Å². The molecule has 6 heteroatoms. The molecule has 3 aliphatic rings. The zero-order chi connectivity index (χ0) is 16.0. The number of rotatable bonds is 2. The van der Waals surface area contributed by atoms with E-state index >= 15 is 0 Å². The van der Waals surface area contributed by atoms with E-state index in [1.54, 1.807) is 0 Å². The van der Waals surface area contributed by atoms with Crippen molar-refractivity contribution in [3.05, 3.63) is 35.9 Å². The Morgan fingerprint density at radius 2 is 1.78 bits per heavy atom. The van der Waals surface area contributed by atoms with E-state index in [-0.39, 0.29) is 30.8 Å². The molecular formula is C17H19NO5. The molecule has 0 spiro atoms. The summed E-state index contributed by atoms with van der Waals surface area (Å²) in [6.45, 7) is 3.70. The van der Waals surface area contributed by atoms with Crippen LogP contribution in [0.5, 0.6) is 0 Å². The van der Waals surface area contributed by atoms with Crippen LogP contribution in [0.15, 0.2) is 30.3 Å². The summed E-state index contributed by atoms with van der Waals surface area (Å²) in [5, 5.41) is 9.09. The molecule has 23 heavy (non-hydrogen) atoms. The molecule has 3 fully saturated rings. The molecule has 0 N–H and O–H groups in total. The summed E-state index contributed by atoms with van der Waals surface area (Å²) >= 11 is 0. The number of hydrogen-bond acceptors (Lipinski definition) is 6. The highest BCUT2D eigenvalue weighted by molar-refractivity contribution is 5.17. The smallest absolute Gasteiger partial charge is 0.190 e. The Hall–Kier alpha value is -1.49. The lowest BCUT2D eigenvalue weighted by Crippen LogP contribution is -2.49. The summed E-state index contributed by atoms with van der Waals surface area (Å²) in [4.78, 5) is 0. The predicted octanol–water partition coefficient (Wildman–Crippen LogP) is 2.26. The number of nitriles is 1. The maximum Gasteiger partial charge on any atom is 0.190 e. The third-order valence-electron chi connectivity index (χ3n) is 4.34. The van der Waals surface area contributed by atoms with Gasteiger partial charge in [0.1, 0.15) is 24.4 Å². The van der Waals surface area contributed by atoms with Crippen molar-refractivity contribution >= 4 is 0 Å². The minimum absolute atomic E-state index is 0.233. The molecule has 0 bridgehead atoms. The van der Waals surface area contributed by atoms with Crippen LogP contribution in [0.4, 0.5) is 0 Å². The Morgan fingerprint density at radius 1 is 1.00 bits per heavy atom. The van der Waals surface area contributed by atoms with Gasteiger partial charge in [0.25, 0.3) is 0 Å². The van der Waals surface area contributed by atoms with Crippen LogP contribution in [0.1, 0.15) is 32.1 Å². The van der Waals surface area contributed by atoms with Crippen LogP contribution in [-0.4, -0.2) is 36.5 Å². The molecule has 6 nitrogen and oxygen atoms in total. The van der Waals surface area contributed by atoms with Crippen LogP contribution < -0.4 is 0 Å². The van der Waals surface area contributed by atoms with E-state index in [0.717, 1.165) is 5.56 Å². The van der Waals surface area contributed by atoms with Crippen molar-refractivity contribution in [3.8, 4) is 6.07 Å². The van der Waals surface area contributed by atoms with Crippen LogP contribution in [0.3, 0.4) is 0 Å². The van der Waals surface area contributed by atoms with Crippen molar-refractivity contribution in [2.75, 3.05) is 0 Å². The third-order valence-corrected chi connectivity index (χ3v) is 4.34. The van der Waals surface area contributed by atoms with Crippen molar-refractivity contribution in [2.24, 2.45) is 0 Å². The highest BCUT2D eigenvalue weighted by atomic mass is 16.9. The van der Waals surface area contributed by atoms with E-state index in [4.69, 9.17) is 28.9 Å². The van der Waals surface area contributed by atoms with Crippen LogP contribution in [0, 0.1) is 11.3 Å². The van der Waals surface area contributed by atoms with Gasteiger partial charge in [0, 0.05) is 5.56 Å². The van der Waals surface area contributed by atoms with Crippen molar-refractivity contribution < 1.29 is 23.7 Å². The molecule has 6 atom stereocenters. The molecule has 0 unspecified atom stereocenters. The average molecular weight is 317 g/mol. The van der Waals surface area contributed by atoms with Gasteiger partial charge in [0.15, 0.2) is 18.4 Å². The first-order chi connectivity index (χ1) is 11.1.